The first-order valence-corrected chi connectivity index (χ1v) is 8.03. The molecule has 0 bridgehead atoms. The van der Waals surface area contributed by atoms with E-state index < -0.39 is 30.5 Å². The third-order valence-corrected chi connectivity index (χ3v) is 4.15. The molecule has 26 heavy (non-hydrogen) atoms. The lowest BCUT2D eigenvalue weighted by Gasteiger charge is -2.18. The molecule has 9 heteroatoms. The van der Waals surface area contributed by atoms with Crippen LogP contribution in [0.4, 0.5) is 13.2 Å². The summed E-state index contributed by atoms with van der Waals surface area (Å²) in [6, 6.07) is 9.10. The number of hydrogen-bond acceptors (Lipinski definition) is 3. The SMILES string of the molecule is O=C(NCc1ccccc1-n1cccn1)C1CC(=O)N(CC(F)(F)F)C1. The Kier molecular flexibility index (Phi) is 4.97. The van der Waals surface area contributed by atoms with Crippen LogP contribution in [0.2, 0.25) is 0 Å². The monoisotopic (exact) mass is 366 g/mol. The molecule has 2 aromatic rings. The van der Waals surface area contributed by atoms with E-state index in [1.807, 2.05) is 24.3 Å². The van der Waals surface area contributed by atoms with E-state index in [0.717, 1.165) is 11.3 Å². The molecule has 1 saturated heterocycles. The van der Waals surface area contributed by atoms with Gasteiger partial charge in [0.1, 0.15) is 6.54 Å². The third kappa shape index (κ3) is 4.22. The zero-order valence-electron chi connectivity index (χ0n) is 13.7. The second-order valence-electron chi connectivity index (χ2n) is 6.09. The van der Waals surface area contributed by atoms with Crippen molar-refractivity contribution < 1.29 is 22.8 Å². The van der Waals surface area contributed by atoms with E-state index in [2.05, 4.69) is 10.4 Å². The number of para-hydroxylation sites is 1. The molecular formula is C17H17F3N4O2. The number of carbonyl (C=O) groups excluding carboxylic acids is 2. The standard InChI is InChI=1S/C17H17F3N4O2/c18-17(19,20)11-23-10-13(8-15(23)25)16(26)21-9-12-4-1-2-5-14(12)24-7-3-6-22-24/h1-7,13H,8-11H2,(H,21,26). The number of likely N-dealkylation sites (tertiary alicyclic amines) is 1. The van der Waals surface area contributed by atoms with E-state index in [0.29, 0.717) is 4.90 Å². The van der Waals surface area contributed by atoms with Crippen LogP contribution < -0.4 is 5.32 Å². The summed E-state index contributed by atoms with van der Waals surface area (Å²) >= 11 is 0. The van der Waals surface area contributed by atoms with Crippen molar-refractivity contribution in [2.24, 2.45) is 5.92 Å². The zero-order valence-corrected chi connectivity index (χ0v) is 13.7. The highest BCUT2D eigenvalue weighted by Gasteiger charge is 2.40. The van der Waals surface area contributed by atoms with Gasteiger partial charge in [0.2, 0.25) is 11.8 Å². The number of alkyl halides is 3. The van der Waals surface area contributed by atoms with Gasteiger partial charge in [-0.1, -0.05) is 18.2 Å². The van der Waals surface area contributed by atoms with Gasteiger partial charge in [-0.25, -0.2) is 4.68 Å². The molecule has 0 radical (unpaired) electrons. The van der Waals surface area contributed by atoms with Gasteiger partial charge in [-0.3, -0.25) is 9.59 Å². The van der Waals surface area contributed by atoms with Crippen LogP contribution in [0.15, 0.2) is 42.7 Å². The van der Waals surface area contributed by atoms with Gasteiger partial charge < -0.3 is 10.2 Å². The van der Waals surface area contributed by atoms with Crippen LogP contribution in [0.5, 0.6) is 0 Å². The smallest absolute Gasteiger partial charge is 0.352 e. The van der Waals surface area contributed by atoms with Crippen molar-refractivity contribution in [1.29, 1.82) is 0 Å². The van der Waals surface area contributed by atoms with Gasteiger partial charge in [0, 0.05) is 31.9 Å². The largest absolute Gasteiger partial charge is 0.406 e. The van der Waals surface area contributed by atoms with Crippen LogP contribution in [0.25, 0.3) is 5.69 Å². The van der Waals surface area contributed by atoms with Crippen LogP contribution >= 0.6 is 0 Å². The first-order valence-electron chi connectivity index (χ1n) is 8.03. The number of halogens is 3. The maximum Gasteiger partial charge on any atom is 0.406 e. The summed E-state index contributed by atoms with van der Waals surface area (Å²) in [6.07, 6.45) is -1.27. The maximum atomic E-state index is 12.5. The number of aromatic nitrogens is 2. The number of nitrogens with one attached hydrogen (secondary N) is 1. The predicted octanol–water partition coefficient (Wildman–Crippen LogP) is 1.90. The fourth-order valence-corrected chi connectivity index (χ4v) is 2.94. The van der Waals surface area contributed by atoms with Gasteiger partial charge in [-0.05, 0) is 17.7 Å². The summed E-state index contributed by atoms with van der Waals surface area (Å²) in [6.45, 7) is -1.35. The van der Waals surface area contributed by atoms with Crippen molar-refractivity contribution in [1.82, 2.24) is 20.0 Å². The Morgan fingerprint density at radius 3 is 2.73 bits per heavy atom. The number of nitrogens with zero attached hydrogens (tertiary/aromatic N) is 3. The highest BCUT2D eigenvalue weighted by Crippen LogP contribution is 2.24. The zero-order chi connectivity index (χ0) is 18.7. The van der Waals surface area contributed by atoms with Gasteiger partial charge in [0.25, 0.3) is 0 Å². The molecule has 2 heterocycles. The van der Waals surface area contributed by atoms with E-state index in [1.54, 1.807) is 23.1 Å². The van der Waals surface area contributed by atoms with Gasteiger partial charge >= 0.3 is 6.18 Å². The first-order chi connectivity index (χ1) is 12.3. The highest BCUT2D eigenvalue weighted by atomic mass is 19.4. The molecule has 1 aliphatic heterocycles. The summed E-state index contributed by atoms with van der Waals surface area (Å²) < 4.78 is 39.0. The lowest BCUT2D eigenvalue weighted by Crippen LogP contribution is -2.37. The van der Waals surface area contributed by atoms with Crippen LogP contribution in [0, 0.1) is 5.92 Å². The predicted molar refractivity (Wildman–Crippen MR) is 86.2 cm³/mol. The summed E-state index contributed by atoms with van der Waals surface area (Å²) in [5.74, 6) is -1.86. The second kappa shape index (κ2) is 7.19. The van der Waals surface area contributed by atoms with Crippen LogP contribution in [-0.4, -0.2) is 45.8 Å². The maximum absolute atomic E-state index is 12.5. The normalized spacial score (nSPS) is 17.6. The Morgan fingerprint density at radius 2 is 2.04 bits per heavy atom. The van der Waals surface area contributed by atoms with Gasteiger partial charge in [0.15, 0.2) is 0 Å². The number of hydrogen-bond donors (Lipinski definition) is 1. The van der Waals surface area contributed by atoms with Crippen LogP contribution in [0.1, 0.15) is 12.0 Å². The Hall–Kier alpha value is -2.84. The summed E-state index contributed by atoms with van der Waals surface area (Å²) in [4.78, 5) is 24.6. The Bertz CT molecular complexity index is 790. The van der Waals surface area contributed by atoms with Gasteiger partial charge in [-0.15, -0.1) is 0 Å². The third-order valence-electron chi connectivity index (χ3n) is 4.15. The molecule has 1 fully saturated rings. The minimum atomic E-state index is -4.47. The molecule has 6 nitrogen and oxygen atoms in total. The average molecular weight is 366 g/mol. The second-order valence-corrected chi connectivity index (χ2v) is 6.09. The molecule has 0 saturated carbocycles. The molecule has 1 aliphatic rings. The molecule has 0 aliphatic carbocycles. The Balaban J connectivity index is 1.61. The molecule has 3 rings (SSSR count). The van der Waals surface area contributed by atoms with Gasteiger partial charge in [0.05, 0.1) is 11.6 Å². The van der Waals surface area contributed by atoms with Crippen molar-refractivity contribution in [3.8, 4) is 5.69 Å². The van der Waals surface area contributed by atoms with E-state index in [1.165, 1.54) is 0 Å². The molecule has 0 spiro atoms. The quantitative estimate of drug-likeness (QED) is 0.879. The number of carbonyl (C=O) groups is 2. The summed E-state index contributed by atoms with van der Waals surface area (Å²) in [5.41, 5.74) is 1.60. The number of rotatable bonds is 5. The van der Waals surface area contributed by atoms with E-state index in [9.17, 15) is 22.8 Å². The lowest BCUT2D eigenvalue weighted by atomic mass is 10.1. The fourth-order valence-electron chi connectivity index (χ4n) is 2.94. The van der Waals surface area contributed by atoms with E-state index >= 15 is 0 Å². The topological polar surface area (TPSA) is 67.2 Å². The van der Waals surface area contributed by atoms with Crippen molar-refractivity contribution in [2.75, 3.05) is 13.1 Å². The molecule has 1 aromatic carbocycles. The highest BCUT2D eigenvalue weighted by molar-refractivity contribution is 5.89. The Labute approximate surface area is 147 Å². The van der Waals surface area contributed by atoms with Crippen molar-refractivity contribution in [3.63, 3.8) is 0 Å². The average Bonchev–Trinajstić information content (AvgIpc) is 3.22. The summed E-state index contributed by atoms with van der Waals surface area (Å²) in [7, 11) is 0. The van der Waals surface area contributed by atoms with Crippen molar-refractivity contribution >= 4 is 11.8 Å². The molecule has 1 atom stereocenters. The first kappa shape index (κ1) is 18.0. The molecule has 1 N–H and O–H groups in total. The number of amides is 2. The molecular weight excluding hydrogens is 349 g/mol. The van der Waals surface area contributed by atoms with Crippen molar-refractivity contribution in [2.45, 2.75) is 19.1 Å². The molecule has 1 aromatic heterocycles. The fraction of sp³-hybridized carbons (Fsp3) is 0.353. The minimum absolute atomic E-state index is 0.193. The number of benzene rings is 1. The minimum Gasteiger partial charge on any atom is -0.352 e. The van der Waals surface area contributed by atoms with Crippen LogP contribution in [0.3, 0.4) is 0 Å². The van der Waals surface area contributed by atoms with E-state index in [-0.39, 0.29) is 19.5 Å². The van der Waals surface area contributed by atoms with Gasteiger partial charge in [-0.2, -0.15) is 18.3 Å². The van der Waals surface area contributed by atoms with Crippen LogP contribution in [-0.2, 0) is 16.1 Å². The van der Waals surface area contributed by atoms with Crippen molar-refractivity contribution in [3.05, 3.63) is 48.3 Å². The molecule has 1 unspecified atom stereocenters. The summed E-state index contributed by atoms with van der Waals surface area (Å²) in [5, 5.41) is 6.86. The van der Waals surface area contributed by atoms with E-state index in [4.69, 9.17) is 0 Å². The Morgan fingerprint density at radius 1 is 1.27 bits per heavy atom. The molecule has 2 amide bonds. The lowest BCUT2D eigenvalue weighted by molar-refractivity contribution is -0.157. The molecule has 138 valence electrons.